The van der Waals surface area contributed by atoms with Gasteiger partial charge in [-0.3, -0.25) is 0 Å². The van der Waals surface area contributed by atoms with Crippen molar-refractivity contribution in [1.29, 1.82) is 0 Å². The first-order valence-electron chi connectivity index (χ1n) is 6.07. The van der Waals surface area contributed by atoms with Crippen molar-refractivity contribution < 1.29 is 0 Å². The molecule has 1 saturated carbocycles. The predicted molar refractivity (Wildman–Crippen MR) is 66.2 cm³/mol. The molecule has 2 aliphatic rings. The second kappa shape index (κ2) is 4.48. The summed E-state index contributed by atoms with van der Waals surface area (Å²) < 4.78 is 0. The highest BCUT2D eigenvalue weighted by molar-refractivity contribution is 6.42. The summed E-state index contributed by atoms with van der Waals surface area (Å²) in [6.45, 7) is 4.46. The Bertz CT molecular complexity index is 248. The molecule has 2 bridgehead atoms. The minimum absolute atomic E-state index is 0.129. The summed E-state index contributed by atoms with van der Waals surface area (Å²) in [5, 5.41) is 0. The molecule has 3 unspecified atom stereocenters. The summed E-state index contributed by atoms with van der Waals surface area (Å²) in [5.41, 5.74) is 4.05. The zero-order chi connectivity index (χ0) is 9.97. The molecule has 0 nitrogen and oxygen atoms in total. The van der Waals surface area contributed by atoms with Crippen LogP contribution in [0.4, 0.5) is 0 Å². The highest BCUT2D eigenvalue weighted by atomic mass is 28.2. The lowest BCUT2D eigenvalue weighted by Gasteiger charge is -2.16. The van der Waals surface area contributed by atoms with Gasteiger partial charge in [-0.15, -0.1) is 5.70 Å². The number of fused-ring (bicyclic) bond motifs is 2. The van der Waals surface area contributed by atoms with Gasteiger partial charge in [0.05, 0.1) is 0 Å². The predicted octanol–water partition coefficient (Wildman–Crippen LogP) is 3.10. The van der Waals surface area contributed by atoms with Gasteiger partial charge in [-0.2, -0.15) is 0 Å². The van der Waals surface area contributed by atoms with E-state index in [-0.39, 0.29) is 9.52 Å². The molecule has 0 aromatic heterocycles. The normalized spacial score (nSPS) is 34.6. The van der Waals surface area contributed by atoms with Crippen LogP contribution < -0.4 is 0 Å². The first-order chi connectivity index (χ1) is 6.75. The zero-order valence-corrected chi connectivity index (χ0v) is 10.9. The van der Waals surface area contributed by atoms with Crippen LogP contribution in [0.3, 0.4) is 0 Å². The van der Waals surface area contributed by atoms with Gasteiger partial charge in [0.15, 0.2) is 0 Å². The zero-order valence-electron chi connectivity index (χ0n) is 9.50. The second-order valence-electron chi connectivity index (χ2n) is 5.25. The van der Waals surface area contributed by atoms with Crippen LogP contribution in [-0.4, -0.2) is 9.52 Å². The van der Waals surface area contributed by atoms with E-state index < -0.39 is 0 Å². The highest BCUT2D eigenvalue weighted by Gasteiger charge is 2.34. The third-order valence-corrected chi connectivity index (χ3v) is 5.67. The Labute approximate surface area is 90.3 Å². The lowest BCUT2D eigenvalue weighted by molar-refractivity contribution is 0.434. The van der Waals surface area contributed by atoms with Crippen molar-refractivity contribution in [1.82, 2.24) is 0 Å². The molecule has 0 N–H and O–H groups in total. The first-order valence-corrected chi connectivity index (χ1v) is 7.89. The Morgan fingerprint density at radius 3 is 2.79 bits per heavy atom. The molecule has 0 aromatic rings. The molecule has 0 aromatic carbocycles. The second-order valence-corrected chi connectivity index (χ2v) is 6.95. The van der Waals surface area contributed by atoms with E-state index in [9.17, 15) is 0 Å². The van der Waals surface area contributed by atoms with Crippen LogP contribution in [0, 0.1) is 17.8 Å². The lowest BCUT2D eigenvalue weighted by Crippen LogP contribution is -2.07. The number of hydrogen-bond acceptors (Lipinski definition) is 0. The molecule has 1 fully saturated rings. The average molecular weight is 206 g/mol. The third kappa shape index (κ3) is 2.38. The molecule has 14 heavy (non-hydrogen) atoms. The molecule has 1 heteroatoms. The molecule has 0 saturated heterocycles. The third-order valence-electron chi connectivity index (χ3n) is 3.75. The van der Waals surface area contributed by atoms with E-state index in [0.29, 0.717) is 0 Å². The van der Waals surface area contributed by atoms with E-state index in [0.717, 1.165) is 17.8 Å². The summed E-state index contributed by atoms with van der Waals surface area (Å²) in [5.74, 6) is 3.00. The molecular formula is C13H22Si. The molecule has 0 heterocycles. The number of rotatable bonds is 4. The molecule has 78 valence electrons. The van der Waals surface area contributed by atoms with E-state index in [1.165, 1.54) is 30.9 Å². The average Bonchev–Trinajstić information content (AvgIpc) is 2.73. The Morgan fingerprint density at radius 2 is 2.21 bits per heavy atom. The maximum atomic E-state index is 2.52. The van der Waals surface area contributed by atoms with Crippen molar-refractivity contribution >= 4 is 9.52 Å². The molecular weight excluding hydrogens is 184 g/mol. The summed E-state index contributed by atoms with van der Waals surface area (Å²) >= 11 is 0. The van der Waals surface area contributed by atoms with Gasteiger partial charge in [0.2, 0.25) is 0 Å². The van der Waals surface area contributed by atoms with Crippen molar-refractivity contribution in [2.75, 3.05) is 0 Å². The molecule has 3 atom stereocenters. The van der Waals surface area contributed by atoms with Gasteiger partial charge in [0.1, 0.15) is 0 Å². The van der Waals surface area contributed by atoms with Gasteiger partial charge in [0.25, 0.3) is 0 Å². The number of allylic oxidation sites excluding steroid dienone is 3. The van der Waals surface area contributed by atoms with Crippen LogP contribution in [-0.2, 0) is 0 Å². The van der Waals surface area contributed by atoms with Crippen LogP contribution in [0.2, 0.25) is 6.04 Å². The van der Waals surface area contributed by atoms with Crippen LogP contribution in [0.25, 0.3) is 0 Å². The van der Waals surface area contributed by atoms with E-state index >= 15 is 0 Å². The van der Waals surface area contributed by atoms with Gasteiger partial charge in [-0.1, -0.05) is 30.2 Å². The van der Waals surface area contributed by atoms with Crippen LogP contribution in [0.5, 0.6) is 0 Å². The van der Waals surface area contributed by atoms with E-state index in [1.54, 1.807) is 0 Å². The highest BCUT2D eigenvalue weighted by Crippen LogP contribution is 2.45. The number of hydrogen-bond donors (Lipinski definition) is 0. The quantitative estimate of drug-likeness (QED) is 0.377. The Hall–Kier alpha value is -0.303. The summed E-state index contributed by atoms with van der Waals surface area (Å²) in [6.07, 6.45) is 9.44. The van der Waals surface area contributed by atoms with Gasteiger partial charge in [-0.25, -0.2) is 0 Å². The smallest absolute Gasteiger partial charge is 0.0453 e. The maximum Gasteiger partial charge on any atom is 0.0453 e. The fourth-order valence-corrected chi connectivity index (χ4v) is 4.54. The molecule has 2 rings (SSSR count). The fraction of sp³-hybridized carbons (Fsp3) is 0.692. The van der Waals surface area contributed by atoms with Crippen molar-refractivity contribution in [2.24, 2.45) is 17.8 Å². The topological polar surface area (TPSA) is 0 Å². The molecule has 2 aliphatic carbocycles. The SMILES string of the molecule is CC(C)=C[SiH2]CCC1CC2C=CC1C2. The van der Waals surface area contributed by atoms with Crippen molar-refractivity contribution in [2.45, 2.75) is 39.2 Å². The molecule has 0 amide bonds. The summed E-state index contributed by atoms with van der Waals surface area (Å²) in [7, 11) is 0.129. The monoisotopic (exact) mass is 206 g/mol. The van der Waals surface area contributed by atoms with E-state index in [4.69, 9.17) is 0 Å². The standard InChI is InChI=1S/C13H22Si/c1-10(2)9-14-6-5-13-8-11-3-4-12(13)7-11/h3-4,9,11-13H,5-8,14H2,1-2H3. The van der Waals surface area contributed by atoms with Gasteiger partial charge >= 0.3 is 0 Å². The van der Waals surface area contributed by atoms with Crippen LogP contribution >= 0.6 is 0 Å². The molecule has 0 spiro atoms. The summed E-state index contributed by atoms with van der Waals surface area (Å²) in [4.78, 5) is 0. The van der Waals surface area contributed by atoms with Crippen LogP contribution in [0.1, 0.15) is 33.1 Å². The Morgan fingerprint density at radius 1 is 1.36 bits per heavy atom. The van der Waals surface area contributed by atoms with Crippen molar-refractivity contribution in [3.8, 4) is 0 Å². The van der Waals surface area contributed by atoms with Crippen LogP contribution in [0.15, 0.2) is 23.4 Å². The largest absolute Gasteiger partial charge is 0.103 e. The van der Waals surface area contributed by atoms with Crippen molar-refractivity contribution in [3.05, 3.63) is 23.4 Å². The fourth-order valence-electron chi connectivity index (χ4n) is 3.00. The minimum Gasteiger partial charge on any atom is -0.103 e. The van der Waals surface area contributed by atoms with Gasteiger partial charge < -0.3 is 0 Å². The van der Waals surface area contributed by atoms with Gasteiger partial charge in [-0.05, 0) is 44.4 Å². The van der Waals surface area contributed by atoms with E-state index in [1.807, 2.05) is 0 Å². The Balaban J connectivity index is 1.67. The van der Waals surface area contributed by atoms with Crippen molar-refractivity contribution in [3.63, 3.8) is 0 Å². The minimum atomic E-state index is 0.129. The van der Waals surface area contributed by atoms with Gasteiger partial charge in [0, 0.05) is 9.52 Å². The molecule has 0 radical (unpaired) electrons. The Kier molecular flexibility index (Phi) is 3.27. The molecule has 0 aliphatic heterocycles. The first kappa shape index (κ1) is 10.2. The maximum absolute atomic E-state index is 2.52. The lowest BCUT2D eigenvalue weighted by atomic mass is 9.91. The van der Waals surface area contributed by atoms with E-state index in [2.05, 4.69) is 31.7 Å². The summed E-state index contributed by atoms with van der Waals surface area (Å²) in [6, 6.07) is 1.53.